The summed E-state index contributed by atoms with van der Waals surface area (Å²) < 4.78 is 0. The zero-order chi connectivity index (χ0) is 18.3. The highest BCUT2D eigenvalue weighted by Crippen LogP contribution is 2.40. The van der Waals surface area contributed by atoms with Crippen LogP contribution in [0.25, 0.3) is 21.5 Å². The molecule has 0 aliphatic rings. The lowest BCUT2D eigenvalue weighted by Crippen LogP contribution is -2.13. The van der Waals surface area contributed by atoms with E-state index in [1.54, 1.807) is 18.2 Å². The quantitative estimate of drug-likeness (QED) is 0.614. The number of rotatable bonds is 4. The summed E-state index contributed by atoms with van der Waals surface area (Å²) in [6.07, 6.45) is 0. The van der Waals surface area contributed by atoms with Crippen LogP contribution in [0.3, 0.4) is 0 Å². The van der Waals surface area contributed by atoms with Crippen molar-refractivity contribution in [3.8, 4) is 11.3 Å². The van der Waals surface area contributed by atoms with Crippen molar-refractivity contribution in [3.05, 3.63) is 33.1 Å². The molecule has 0 fully saturated rings. The summed E-state index contributed by atoms with van der Waals surface area (Å²) in [7, 11) is 0. The molecule has 2 heterocycles. The molecule has 0 saturated heterocycles. The number of nitrogens with one attached hydrogen (secondary N) is 1. The number of aromatic nitrogens is 2. The fraction of sp³-hybridized carbons (Fsp3) is 0.188. The Hall–Kier alpha value is -2.09. The van der Waals surface area contributed by atoms with E-state index in [1.807, 2.05) is 13.8 Å². The smallest absolute Gasteiger partial charge is 0.260 e. The van der Waals surface area contributed by atoms with Gasteiger partial charge in [0.1, 0.15) is 9.71 Å². The maximum atomic E-state index is 11.7. The number of thiophene rings is 1. The number of anilines is 2. The van der Waals surface area contributed by atoms with Gasteiger partial charge in [0.15, 0.2) is 0 Å². The van der Waals surface area contributed by atoms with E-state index in [0.717, 1.165) is 11.3 Å². The van der Waals surface area contributed by atoms with Gasteiger partial charge in [0.2, 0.25) is 5.95 Å². The van der Waals surface area contributed by atoms with Crippen LogP contribution >= 0.6 is 34.5 Å². The molecule has 0 spiro atoms. The van der Waals surface area contributed by atoms with E-state index < -0.39 is 5.91 Å². The van der Waals surface area contributed by atoms with Gasteiger partial charge in [-0.15, -0.1) is 11.3 Å². The molecule has 0 radical (unpaired) electrons. The minimum Gasteiger partial charge on any atom is -0.397 e. The second-order valence-corrected chi connectivity index (χ2v) is 7.53. The minimum absolute atomic E-state index is 0.132. The van der Waals surface area contributed by atoms with Crippen molar-refractivity contribution in [1.29, 1.82) is 0 Å². The van der Waals surface area contributed by atoms with Crippen LogP contribution in [-0.4, -0.2) is 21.9 Å². The number of hydrogen-bond donors (Lipinski definition) is 3. The average molecular weight is 396 g/mol. The van der Waals surface area contributed by atoms with E-state index in [-0.39, 0.29) is 16.6 Å². The Morgan fingerprint density at radius 1 is 1.24 bits per heavy atom. The van der Waals surface area contributed by atoms with Gasteiger partial charge in [0.05, 0.1) is 26.8 Å². The van der Waals surface area contributed by atoms with Crippen LogP contribution < -0.4 is 16.8 Å². The van der Waals surface area contributed by atoms with Crippen molar-refractivity contribution in [1.82, 2.24) is 9.97 Å². The van der Waals surface area contributed by atoms with Gasteiger partial charge < -0.3 is 16.8 Å². The second-order valence-electron chi connectivity index (χ2n) is 5.71. The van der Waals surface area contributed by atoms with E-state index in [9.17, 15) is 4.79 Å². The molecule has 130 valence electrons. The second kappa shape index (κ2) is 6.67. The number of benzene rings is 1. The minimum atomic E-state index is -0.598. The molecule has 9 heteroatoms. The first-order valence-corrected chi connectivity index (χ1v) is 8.97. The highest BCUT2D eigenvalue weighted by Gasteiger charge is 2.21. The maximum Gasteiger partial charge on any atom is 0.260 e. The van der Waals surface area contributed by atoms with Gasteiger partial charge in [-0.25, -0.2) is 9.97 Å². The van der Waals surface area contributed by atoms with Gasteiger partial charge in [-0.3, -0.25) is 4.79 Å². The third-order valence-corrected chi connectivity index (χ3v) is 5.28. The number of fused-ring (bicyclic) bond motifs is 1. The van der Waals surface area contributed by atoms with Gasteiger partial charge in [0, 0.05) is 11.6 Å². The standard InChI is InChI=1S/C16H15Cl2N5OS/c1-6(2)21-16-22-12(7-3-4-8(17)9(18)5-7)10-11(19)13(14(20)24)25-15(10)23-16/h3-6H,19H2,1-2H3,(H2,20,24)(H,21,22,23). The maximum absolute atomic E-state index is 11.7. The lowest BCUT2D eigenvalue weighted by Gasteiger charge is -2.11. The summed E-state index contributed by atoms with van der Waals surface area (Å²) in [6, 6.07) is 5.30. The molecular formula is C16H15Cl2N5OS. The molecule has 0 bridgehead atoms. The summed E-state index contributed by atoms with van der Waals surface area (Å²) in [5.41, 5.74) is 13.1. The van der Waals surface area contributed by atoms with Gasteiger partial charge in [0.25, 0.3) is 5.91 Å². The third-order valence-electron chi connectivity index (χ3n) is 3.42. The van der Waals surface area contributed by atoms with Crippen molar-refractivity contribution in [2.24, 2.45) is 5.73 Å². The highest BCUT2D eigenvalue weighted by atomic mass is 35.5. The molecule has 25 heavy (non-hydrogen) atoms. The van der Waals surface area contributed by atoms with Crippen LogP contribution in [0.1, 0.15) is 23.5 Å². The first-order chi connectivity index (χ1) is 11.8. The molecule has 5 N–H and O–H groups in total. The van der Waals surface area contributed by atoms with Crippen LogP contribution in [0.5, 0.6) is 0 Å². The molecule has 1 amide bonds. The van der Waals surface area contributed by atoms with E-state index in [1.165, 1.54) is 0 Å². The van der Waals surface area contributed by atoms with Crippen LogP contribution in [0.4, 0.5) is 11.6 Å². The SMILES string of the molecule is CC(C)Nc1nc(-c2ccc(Cl)c(Cl)c2)c2c(N)c(C(N)=O)sc2n1. The predicted molar refractivity (Wildman–Crippen MR) is 105 cm³/mol. The van der Waals surface area contributed by atoms with Gasteiger partial charge >= 0.3 is 0 Å². The zero-order valence-electron chi connectivity index (χ0n) is 13.4. The topological polar surface area (TPSA) is 107 Å². The van der Waals surface area contributed by atoms with Crippen molar-refractivity contribution < 1.29 is 4.79 Å². The van der Waals surface area contributed by atoms with Crippen LogP contribution in [0, 0.1) is 0 Å². The van der Waals surface area contributed by atoms with E-state index in [4.69, 9.17) is 34.7 Å². The third kappa shape index (κ3) is 3.35. The number of nitrogens with zero attached hydrogens (tertiary/aromatic N) is 2. The van der Waals surface area contributed by atoms with E-state index >= 15 is 0 Å². The number of carbonyl (C=O) groups excluding carboxylic acids is 1. The van der Waals surface area contributed by atoms with Crippen molar-refractivity contribution in [2.75, 3.05) is 11.1 Å². The van der Waals surface area contributed by atoms with Crippen LogP contribution in [0.15, 0.2) is 18.2 Å². The number of primary amides is 1. The van der Waals surface area contributed by atoms with Crippen molar-refractivity contribution >= 4 is 62.3 Å². The van der Waals surface area contributed by atoms with Gasteiger partial charge in [-0.2, -0.15) is 0 Å². The predicted octanol–water partition coefficient (Wildman–Crippen LogP) is 4.17. The molecule has 0 unspecified atom stereocenters. The highest BCUT2D eigenvalue weighted by molar-refractivity contribution is 7.21. The summed E-state index contributed by atoms with van der Waals surface area (Å²) >= 11 is 13.3. The Kier molecular flexibility index (Phi) is 4.73. The largest absolute Gasteiger partial charge is 0.397 e. The molecule has 3 aromatic rings. The number of hydrogen-bond acceptors (Lipinski definition) is 6. The molecular weight excluding hydrogens is 381 g/mol. The molecule has 0 aliphatic heterocycles. The fourth-order valence-electron chi connectivity index (χ4n) is 2.38. The molecule has 2 aromatic heterocycles. The Bertz CT molecular complexity index is 986. The molecule has 0 atom stereocenters. The number of nitrogen functional groups attached to an aromatic ring is 1. The van der Waals surface area contributed by atoms with Gasteiger partial charge in [-0.1, -0.05) is 29.3 Å². The summed E-state index contributed by atoms with van der Waals surface area (Å²) in [5, 5.41) is 4.57. The van der Waals surface area contributed by atoms with Crippen molar-refractivity contribution in [2.45, 2.75) is 19.9 Å². The summed E-state index contributed by atoms with van der Waals surface area (Å²) in [6.45, 7) is 3.95. The number of halogens is 2. The number of nitrogens with two attached hydrogens (primary N) is 2. The van der Waals surface area contributed by atoms with Gasteiger partial charge in [-0.05, 0) is 26.0 Å². The summed E-state index contributed by atoms with van der Waals surface area (Å²) in [5.74, 6) is -0.167. The molecule has 0 saturated carbocycles. The Morgan fingerprint density at radius 2 is 1.96 bits per heavy atom. The average Bonchev–Trinajstić information content (AvgIpc) is 2.86. The van der Waals surface area contributed by atoms with E-state index in [2.05, 4.69) is 15.3 Å². The lowest BCUT2D eigenvalue weighted by atomic mass is 10.1. The van der Waals surface area contributed by atoms with Crippen molar-refractivity contribution in [3.63, 3.8) is 0 Å². The fourth-order valence-corrected chi connectivity index (χ4v) is 3.62. The molecule has 3 rings (SSSR count). The first-order valence-electron chi connectivity index (χ1n) is 7.39. The monoisotopic (exact) mass is 395 g/mol. The van der Waals surface area contributed by atoms with Crippen LogP contribution in [-0.2, 0) is 0 Å². The Morgan fingerprint density at radius 3 is 2.56 bits per heavy atom. The number of carbonyl (C=O) groups is 1. The first kappa shape index (κ1) is 17.7. The zero-order valence-corrected chi connectivity index (χ0v) is 15.8. The normalized spacial score (nSPS) is 11.2. The molecule has 0 aliphatic carbocycles. The lowest BCUT2D eigenvalue weighted by molar-refractivity contribution is 0.100. The Balaban J connectivity index is 2.33. The van der Waals surface area contributed by atoms with Crippen LogP contribution in [0.2, 0.25) is 10.0 Å². The molecule has 1 aromatic carbocycles. The number of amides is 1. The van der Waals surface area contributed by atoms with E-state index in [0.29, 0.717) is 37.5 Å². The summed E-state index contributed by atoms with van der Waals surface area (Å²) in [4.78, 5) is 21.5. The molecule has 6 nitrogen and oxygen atoms in total. The Labute approximate surface area is 158 Å².